The van der Waals surface area contributed by atoms with Gasteiger partial charge in [-0.1, -0.05) is 56.9 Å². The van der Waals surface area contributed by atoms with Crippen LogP contribution in [0.25, 0.3) is 0 Å². The molecule has 0 radical (unpaired) electrons. The third kappa shape index (κ3) is 5.64. The van der Waals surface area contributed by atoms with E-state index >= 15 is 0 Å². The van der Waals surface area contributed by atoms with E-state index in [4.69, 9.17) is 4.74 Å². The van der Waals surface area contributed by atoms with Crippen molar-refractivity contribution in [2.24, 2.45) is 5.92 Å². The van der Waals surface area contributed by atoms with Gasteiger partial charge in [-0.15, -0.1) is 0 Å². The van der Waals surface area contributed by atoms with Crippen molar-refractivity contribution in [3.05, 3.63) is 34.9 Å². The molecule has 114 valence electrons. The molecule has 2 heteroatoms. The zero-order valence-corrected chi connectivity index (χ0v) is 13.5. The number of aliphatic hydroxyl groups is 1. The van der Waals surface area contributed by atoms with Gasteiger partial charge in [-0.25, -0.2) is 0 Å². The SMILES string of the molecule is CCCCC(CC)COCC(O)c1cc(C)ccc1C. The topological polar surface area (TPSA) is 29.5 Å². The third-order valence-corrected chi connectivity index (χ3v) is 3.97. The average Bonchev–Trinajstić information content (AvgIpc) is 2.45. The van der Waals surface area contributed by atoms with Gasteiger partial charge in [-0.3, -0.25) is 0 Å². The highest BCUT2D eigenvalue weighted by atomic mass is 16.5. The fourth-order valence-electron chi connectivity index (χ4n) is 2.45. The molecular formula is C18H30O2. The van der Waals surface area contributed by atoms with Gasteiger partial charge in [0.1, 0.15) is 6.10 Å². The fourth-order valence-corrected chi connectivity index (χ4v) is 2.45. The summed E-state index contributed by atoms with van der Waals surface area (Å²) in [6, 6.07) is 6.19. The molecule has 2 nitrogen and oxygen atoms in total. The molecule has 0 fully saturated rings. The van der Waals surface area contributed by atoms with E-state index in [-0.39, 0.29) is 0 Å². The summed E-state index contributed by atoms with van der Waals surface area (Å²) in [7, 11) is 0. The van der Waals surface area contributed by atoms with Gasteiger partial charge in [0.15, 0.2) is 0 Å². The molecule has 1 aromatic rings. The Morgan fingerprint density at radius 3 is 2.55 bits per heavy atom. The van der Waals surface area contributed by atoms with Gasteiger partial charge in [-0.05, 0) is 37.3 Å². The van der Waals surface area contributed by atoms with Gasteiger partial charge in [0.25, 0.3) is 0 Å². The zero-order valence-electron chi connectivity index (χ0n) is 13.5. The highest BCUT2D eigenvalue weighted by Gasteiger charge is 2.12. The maximum Gasteiger partial charge on any atom is 0.103 e. The van der Waals surface area contributed by atoms with Gasteiger partial charge in [0.05, 0.1) is 6.61 Å². The molecule has 0 saturated heterocycles. The highest BCUT2D eigenvalue weighted by Crippen LogP contribution is 2.20. The van der Waals surface area contributed by atoms with Crippen LogP contribution in [0, 0.1) is 19.8 Å². The number of ether oxygens (including phenoxy) is 1. The summed E-state index contributed by atoms with van der Waals surface area (Å²) in [6.45, 7) is 9.68. The summed E-state index contributed by atoms with van der Waals surface area (Å²) in [5.41, 5.74) is 3.30. The number of benzene rings is 1. The van der Waals surface area contributed by atoms with Gasteiger partial charge >= 0.3 is 0 Å². The minimum Gasteiger partial charge on any atom is -0.386 e. The monoisotopic (exact) mass is 278 g/mol. The Kier molecular flexibility index (Phi) is 7.86. The molecule has 0 amide bonds. The molecule has 1 rings (SSSR count). The minimum atomic E-state index is -0.515. The predicted octanol–water partition coefficient (Wildman–Crippen LogP) is 4.57. The first-order valence-corrected chi connectivity index (χ1v) is 7.91. The van der Waals surface area contributed by atoms with E-state index in [0.29, 0.717) is 12.5 Å². The summed E-state index contributed by atoms with van der Waals surface area (Å²) in [5.74, 6) is 0.626. The molecular weight excluding hydrogens is 248 g/mol. The fraction of sp³-hybridized carbons (Fsp3) is 0.667. The lowest BCUT2D eigenvalue weighted by Gasteiger charge is -2.18. The molecule has 0 saturated carbocycles. The summed E-state index contributed by atoms with van der Waals surface area (Å²) in [6.07, 6.45) is 4.37. The predicted molar refractivity (Wildman–Crippen MR) is 85.0 cm³/mol. The maximum atomic E-state index is 10.3. The number of hydrogen-bond acceptors (Lipinski definition) is 2. The second kappa shape index (κ2) is 9.15. The molecule has 1 N–H and O–H groups in total. The Balaban J connectivity index is 2.42. The molecule has 0 bridgehead atoms. The Hall–Kier alpha value is -0.860. The van der Waals surface area contributed by atoms with E-state index < -0.39 is 6.10 Å². The lowest BCUT2D eigenvalue weighted by molar-refractivity contribution is 0.0178. The molecule has 1 aromatic carbocycles. The van der Waals surface area contributed by atoms with Crippen LogP contribution in [-0.2, 0) is 4.74 Å². The molecule has 0 aliphatic carbocycles. The average molecular weight is 278 g/mol. The van der Waals surface area contributed by atoms with E-state index in [1.54, 1.807) is 0 Å². The Bertz CT molecular complexity index is 387. The van der Waals surface area contributed by atoms with Crippen LogP contribution in [0.2, 0.25) is 0 Å². The van der Waals surface area contributed by atoms with Crippen LogP contribution in [-0.4, -0.2) is 18.3 Å². The number of aryl methyl sites for hydroxylation is 2. The van der Waals surface area contributed by atoms with E-state index in [9.17, 15) is 5.11 Å². The van der Waals surface area contributed by atoms with E-state index in [0.717, 1.165) is 24.2 Å². The first-order chi connectivity index (χ1) is 9.58. The van der Waals surface area contributed by atoms with Crippen LogP contribution in [0.1, 0.15) is 62.3 Å². The van der Waals surface area contributed by atoms with Crippen LogP contribution in [0.3, 0.4) is 0 Å². The smallest absolute Gasteiger partial charge is 0.103 e. The van der Waals surface area contributed by atoms with Crippen LogP contribution >= 0.6 is 0 Å². The van der Waals surface area contributed by atoms with Crippen molar-refractivity contribution in [2.45, 2.75) is 59.5 Å². The molecule has 0 heterocycles. The zero-order chi connectivity index (χ0) is 15.0. The minimum absolute atomic E-state index is 0.396. The lowest BCUT2D eigenvalue weighted by atomic mass is 10.00. The molecule has 20 heavy (non-hydrogen) atoms. The largest absolute Gasteiger partial charge is 0.386 e. The summed E-state index contributed by atoms with van der Waals surface area (Å²) in [5, 5.41) is 10.3. The van der Waals surface area contributed by atoms with Crippen LogP contribution in [0.4, 0.5) is 0 Å². The van der Waals surface area contributed by atoms with Crippen LogP contribution in [0.15, 0.2) is 18.2 Å². The summed E-state index contributed by atoms with van der Waals surface area (Å²) >= 11 is 0. The van der Waals surface area contributed by atoms with Gasteiger partial charge in [0, 0.05) is 6.61 Å². The number of rotatable bonds is 9. The standard InChI is InChI=1S/C18H30O2/c1-5-7-8-16(6-2)12-20-13-18(19)17-11-14(3)9-10-15(17)4/h9-11,16,18-19H,5-8,12-13H2,1-4H3. The van der Waals surface area contributed by atoms with Gasteiger partial charge in [0.2, 0.25) is 0 Å². The summed E-state index contributed by atoms with van der Waals surface area (Å²) < 4.78 is 5.74. The first-order valence-electron chi connectivity index (χ1n) is 7.91. The van der Waals surface area contributed by atoms with Crippen molar-refractivity contribution in [1.29, 1.82) is 0 Å². The van der Waals surface area contributed by atoms with Crippen molar-refractivity contribution in [2.75, 3.05) is 13.2 Å². The number of unbranched alkanes of at least 4 members (excludes halogenated alkanes) is 1. The van der Waals surface area contributed by atoms with E-state index in [1.807, 2.05) is 13.8 Å². The second-order valence-electron chi connectivity index (χ2n) is 5.83. The molecule has 2 atom stereocenters. The van der Waals surface area contributed by atoms with Gasteiger partial charge in [-0.2, -0.15) is 0 Å². The Morgan fingerprint density at radius 2 is 1.90 bits per heavy atom. The normalized spacial score (nSPS) is 14.2. The third-order valence-electron chi connectivity index (χ3n) is 3.97. The molecule has 0 aliphatic heterocycles. The molecule has 0 aliphatic rings. The molecule has 0 aromatic heterocycles. The van der Waals surface area contributed by atoms with Gasteiger partial charge < -0.3 is 9.84 Å². The molecule has 0 spiro atoms. The van der Waals surface area contributed by atoms with Crippen molar-refractivity contribution in [3.63, 3.8) is 0 Å². The van der Waals surface area contributed by atoms with Crippen molar-refractivity contribution in [1.82, 2.24) is 0 Å². The highest BCUT2D eigenvalue weighted by molar-refractivity contribution is 5.32. The van der Waals surface area contributed by atoms with Crippen molar-refractivity contribution < 1.29 is 9.84 Å². The molecule has 2 unspecified atom stereocenters. The number of aliphatic hydroxyl groups excluding tert-OH is 1. The second-order valence-corrected chi connectivity index (χ2v) is 5.83. The van der Waals surface area contributed by atoms with E-state index in [1.165, 1.54) is 24.8 Å². The van der Waals surface area contributed by atoms with E-state index in [2.05, 4.69) is 32.0 Å². The first kappa shape index (κ1) is 17.2. The van der Waals surface area contributed by atoms with Crippen LogP contribution in [0.5, 0.6) is 0 Å². The lowest BCUT2D eigenvalue weighted by Crippen LogP contribution is -2.14. The van der Waals surface area contributed by atoms with Crippen molar-refractivity contribution >= 4 is 0 Å². The Labute approximate surface area is 124 Å². The van der Waals surface area contributed by atoms with Crippen molar-refractivity contribution in [3.8, 4) is 0 Å². The Morgan fingerprint density at radius 1 is 1.15 bits per heavy atom. The maximum absolute atomic E-state index is 10.3. The quantitative estimate of drug-likeness (QED) is 0.717. The number of hydrogen-bond donors (Lipinski definition) is 1. The summed E-state index contributed by atoms with van der Waals surface area (Å²) in [4.78, 5) is 0. The van der Waals surface area contributed by atoms with Crippen LogP contribution < -0.4 is 0 Å².